The minimum Gasteiger partial charge on any atom is -0.466 e. The molecule has 4 heteroatoms. The van der Waals surface area contributed by atoms with Gasteiger partial charge >= 0.3 is 0 Å². The van der Waals surface area contributed by atoms with Gasteiger partial charge in [-0.3, -0.25) is 0 Å². The predicted molar refractivity (Wildman–Crippen MR) is 66.5 cm³/mol. The fourth-order valence-electron chi connectivity index (χ4n) is 1.63. The van der Waals surface area contributed by atoms with Crippen LogP contribution in [-0.2, 0) is 6.42 Å². The van der Waals surface area contributed by atoms with Gasteiger partial charge in [-0.2, -0.15) is 0 Å². The van der Waals surface area contributed by atoms with E-state index in [1.165, 1.54) is 12.1 Å². The number of aryl methyl sites for hydroxylation is 1. The zero-order valence-corrected chi connectivity index (χ0v) is 9.66. The first-order chi connectivity index (χ1) is 8.15. The van der Waals surface area contributed by atoms with Gasteiger partial charge < -0.3 is 15.5 Å². The molecular formula is C13H15FN2O. The number of halogens is 1. The summed E-state index contributed by atoms with van der Waals surface area (Å²) in [5.74, 6) is 1.51. The number of nitrogens with two attached hydrogens (primary N) is 1. The van der Waals surface area contributed by atoms with E-state index in [4.69, 9.17) is 10.2 Å². The Morgan fingerprint density at radius 1 is 1.29 bits per heavy atom. The average Bonchev–Trinajstić information content (AvgIpc) is 2.68. The van der Waals surface area contributed by atoms with Crippen molar-refractivity contribution in [2.45, 2.75) is 13.3 Å². The lowest BCUT2D eigenvalue weighted by Crippen LogP contribution is -2.06. The first-order valence-electron chi connectivity index (χ1n) is 5.49. The van der Waals surface area contributed by atoms with Crippen LogP contribution in [0.4, 0.5) is 15.8 Å². The fourth-order valence-corrected chi connectivity index (χ4v) is 1.63. The smallest absolute Gasteiger partial charge is 0.125 e. The van der Waals surface area contributed by atoms with Crippen LogP contribution in [0, 0.1) is 12.7 Å². The maximum atomic E-state index is 12.8. The molecule has 0 radical (unpaired) electrons. The SMILES string of the molecule is Cc1ccc(CCNc2ccc(F)cc2N)o1. The highest BCUT2D eigenvalue weighted by Gasteiger charge is 2.01. The second-order valence-electron chi connectivity index (χ2n) is 3.92. The Labute approximate surface area is 99.4 Å². The summed E-state index contributed by atoms with van der Waals surface area (Å²) in [5.41, 5.74) is 6.84. The van der Waals surface area contributed by atoms with Crippen molar-refractivity contribution < 1.29 is 8.81 Å². The molecule has 90 valence electrons. The lowest BCUT2D eigenvalue weighted by atomic mass is 10.2. The Balaban J connectivity index is 1.90. The van der Waals surface area contributed by atoms with Crippen LogP contribution in [0.25, 0.3) is 0 Å². The molecule has 0 aliphatic carbocycles. The van der Waals surface area contributed by atoms with Gasteiger partial charge in [-0.05, 0) is 37.3 Å². The molecule has 0 saturated heterocycles. The van der Waals surface area contributed by atoms with Crippen molar-refractivity contribution in [1.82, 2.24) is 0 Å². The van der Waals surface area contributed by atoms with E-state index in [2.05, 4.69) is 5.32 Å². The number of hydrogen-bond acceptors (Lipinski definition) is 3. The van der Waals surface area contributed by atoms with Gasteiger partial charge in [-0.25, -0.2) is 4.39 Å². The van der Waals surface area contributed by atoms with Gasteiger partial charge in [-0.1, -0.05) is 0 Å². The third-order valence-electron chi connectivity index (χ3n) is 2.50. The topological polar surface area (TPSA) is 51.2 Å². The molecule has 1 aromatic carbocycles. The molecule has 0 aliphatic rings. The molecule has 1 heterocycles. The summed E-state index contributed by atoms with van der Waals surface area (Å²) >= 11 is 0. The highest BCUT2D eigenvalue weighted by atomic mass is 19.1. The van der Waals surface area contributed by atoms with Crippen molar-refractivity contribution in [3.63, 3.8) is 0 Å². The van der Waals surface area contributed by atoms with Gasteiger partial charge in [0.1, 0.15) is 17.3 Å². The number of nitrogen functional groups attached to an aromatic ring is 1. The van der Waals surface area contributed by atoms with Crippen LogP contribution in [0.15, 0.2) is 34.7 Å². The summed E-state index contributed by atoms with van der Waals surface area (Å²) in [5, 5.41) is 3.15. The molecule has 0 fully saturated rings. The van der Waals surface area contributed by atoms with Gasteiger partial charge in [0.2, 0.25) is 0 Å². The molecule has 17 heavy (non-hydrogen) atoms. The van der Waals surface area contributed by atoms with E-state index in [9.17, 15) is 4.39 Å². The van der Waals surface area contributed by atoms with Crippen molar-refractivity contribution in [3.05, 3.63) is 47.7 Å². The Bertz CT molecular complexity index is 508. The maximum absolute atomic E-state index is 12.8. The zero-order valence-electron chi connectivity index (χ0n) is 9.66. The normalized spacial score (nSPS) is 10.5. The van der Waals surface area contributed by atoms with Crippen LogP contribution in [0.3, 0.4) is 0 Å². The van der Waals surface area contributed by atoms with Crippen LogP contribution >= 0.6 is 0 Å². The first kappa shape index (κ1) is 11.5. The van der Waals surface area contributed by atoms with E-state index in [1.54, 1.807) is 6.07 Å². The second kappa shape index (κ2) is 4.91. The molecule has 2 aromatic rings. The molecule has 1 aromatic heterocycles. The third-order valence-corrected chi connectivity index (χ3v) is 2.50. The summed E-state index contributed by atoms with van der Waals surface area (Å²) in [6.45, 7) is 2.61. The average molecular weight is 234 g/mol. The first-order valence-corrected chi connectivity index (χ1v) is 5.49. The summed E-state index contributed by atoms with van der Waals surface area (Å²) in [4.78, 5) is 0. The molecule has 3 N–H and O–H groups in total. The highest BCUT2D eigenvalue weighted by Crippen LogP contribution is 2.19. The number of furan rings is 1. The highest BCUT2D eigenvalue weighted by molar-refractivity contribution is 5.65. The fraction of sp³-hybridized carbons (Fsp3) is 0.231. The van der Waals surface area contributed by atoms with E-state index in [1.807, 2.05) is 19.1 Å². The molecule has 0 atom stereocenters. The lowest BCUT2D eigenvalue weighted by Gasteiger charge is -2.08. The van der Waals surface area contributed by atoms with Gasteiger partial charge in [0, 0.05) is 13.0 Å². The van der Waals surface area contributed by atoms with Crippen molar-refractivity contribution >= 4 is 11.4 Å². The van der Waals surface area contributed by atoms with Gasteiger partial charge in [0.15, 0.2) is 0 Å². The number of rotatable bonds is 4. The van der Waals surface area contributed by atoms with Crippen LogP contribution in [-0.4, -0.2) is 6.54 Å². The number of benzene rings is 1. The summed E-state index contributed by atoms with van der Waals surface area (Å²) in [6.07, 6.45) is 0.769. The van der Waals surface area contributed by atoms with Gasteiger partial charge in [0.05, 0.1) is 11.4 Å². The lowest BCUT2D eigenvalue weighted by molar-refractivity contribution is 0.486. The zero-order chi connectivity index (χ0) is 12.3. The summed E-state index contributed by atoms with van der Waals surface area (Å²) in [7, 11) is 0. The van der Waals surface area contributed by atoms with Gasteiger partial charge in [0.25, 0.3) is 0 Å². The molecular weight excluding hydrogens is 219 g/mol. The van der Waals surface area contributed by atoms with Crippen molar-refractivity contribution in [2.24, 2.45) is 0 Å². The van der Waals surface area contributed by atoms with Crippen molar-refractivity contribution in [3.8, 4) is 0 Å². The van der Waals surface area contributed by atoms with Crippen LogP contribution in [0.2, 0.25) is 0 Å². The number of nitrogens with one attached hydrogen (secondary N) is 1. The monoisotopic (exact) mass is 234 g/mol. The summed E-state index contributed by atoms with van der Waals surface area (Å²) in [6, 6.07) is 8.21. The van der Waals surface area contributed by atoms with E-state index in [0.717, 1.165) is 23.6 Å². The minimum absolute atomic E-state index is 0.324. The Morgan fingerprint density at radius 2 is 2.12 bits per heavy atom. The van der Waals surface area contributed by atoms with Crippen molar-refractivity contribution in [2.75, 3.05) is 17.6 Å². The van der Waals surface area contributed by atoms with Crippen molar-refractivity contribution in [1.29, 1.82) is 0 Å². The Kier molecular flexibility index (Phi) is 3.32. The van der Waals surface area contributed by atoms with E-state index >= 15 is 0 Å². The molecule has 0 bridgehead atoms. The minimum atomic E-state index is -0.324. The predicted octanol–water partition coefficient (Wildman–Crippen LogP) is 2.96. The molecule has 0 saturated carbocycles. The Morgan fingerprint density at radius 3 is 2.76 bits per heavy atom. The maximum Gasteiger partial charge on any atom is 0.125 e. The standard InChI is InChI=1S/C13H15FN2O/c1-9-2-4-11(17-9)6-7-16-13-5-3-10(14)8-12(13)15/h2-5,8,16H,6-7,15H2,1H3. The Hall–Kier alpha value is -1.97. The number of anilines is 2. The summed E-state index contributed by atoms with van der Waals surface area (Å²) < 4.78 is 18.3. The largest absolute Gasteiger partial charge is 0.466 e. The van der Waals surface area contributed by atoms with Crippen LogP contribution in [0.1, 0.15) is 11.5 Å². The van der Waals surface area contributed by atoms with E-state index < -0.39 is 0 Å². The molecule has 3 nitrogen and oxygen atoms in total. The molecule has 0 spiro atoms. The van der Waals surface area contributed by atoms with E-state index in [0.29, 0.717) is 12.2 Å². The van der Waals surface area contributed by atoms with Crippen LogP contribution in [0.5, 0.6) is 0 Å². The molecule has 0 amide bonds. The molecule has 2 rings (SSSR count). The van der Waals surface area contributed by atoms with E-state index in [-0.39, 0.29) is 5.82 Å². The third kappa shape index (κ3) is 3.00. The number of hydrogen-bond donors (Lipinski definition) is 2. The second-order valence-corrected chi connectivity index (χ2v) is 3.92. The molecule has 0 aliphatic heterocycles. The van der Waals surface area contributed by atoms with Gasteiger partial charge in [-0.15, -0.1) is 0 Å². The molecule has 0 unspecified atom stereocenters. The van der Waals surface area contributed by atoms with Crippen LogP contribution < -0.4 is 11.1 Å². The quantitative estimate of drug-likeness (QED) is 0.800.